The molecule has 4 unspecified atom stereocenters. The summed E-state index contributed by atoms with van der Waals surface area (Å²) in [5.41, 5.74) is 0.742. The summed E-state index contributed by atoms with van der Waals surface area (Å²) < 4.78 is 0. The van der Waals surface area contributed by atoms with E-state index < -0.39 is 24.4 Å². The fraction of sp³-hybridized carbons (Fsp3) is 0.667. The Labute approximate surface area is 174 Å². The molecular formula is C18H29ClN6O4. The summed E-state index contributed by atoms with van der Waals surface area (Å²) in [4.78, 5) is 20.6. The smallest absolute Gasteiger partial charge is 0.225 e. The zero-order valence-corrected chi connectivity index (χ0v) is 17.8. The van der Waals surface area contributed by atoms with Gasteiger partial charge < -0.3 is 30.2 Å². The van der Waals surface area contributed by atoms with Crippen molar-refractivity contribution in [2.24, 2.45) is 0 Å². The normalized spacial score (nSPS) is 15.8. The third-order valence-corrected chi connectivity index (χ3v) is 4.12. The second kappa shape index (κ2) is 10.3. The average Bonchev–Trinajstić information content (AvgIpc) is 2.57. The third kappa shape index (κ3) is 6.58. The van der Waals surface area contributed by atoms with Crippen molar-refractivity contribution in [1.82, 2.24) is 19.9 Å². The van der Waals surface area contributed by atoms with Gasteiger partial charge in [-0.2, -0.15) is 4.98 Å². The quantitative estimate of drug-likeness (QED) is 0.388. The Kier molecular flexibility index (Phi) is 8.29. The van der Waals surface area contributed by atoms with Crippen LogP contribution in [-0.4, -0.2) is 91.0 Å². The van der Waals surface area contributed by atoms with Gasteiger partial charge >= 0.3 is 0 Å². The molecule has 0 aliphatic rings. The summed E-state index contributed by atoms with van der Waals surface area (Å²) in [7, 11) is 0. The van der Waals surface area contributed by atoms with E-state index in [1.54, 1.807) is 37.5 Å². The molecule has 0 aromatic carbocycles. The molecule has 2 aromatic heterocycles. The van der Waals surface area contributed by atoms with Crippen molar-refractivity contribution in [3.05, 3.63) is 11.6 Å². The van der Waals surface area contributed by atoms with E-state index in [2.05, 4.69) is 19.9 Å². The molecule has 0 amide bonds. The molecule has 0 radical (unpaired) electrons. The molecule has 10 nitrogen and oxygen atoms in total. The summed E-state index contributed by atoms with van der Waals surface area (Å²) in [6.07, 6.45) is -1.35. The molecule has 0 saturated heterocycles. The van der Waals surface area contributed by atoms with E-state index >= 15 is 0 Å². The molecule has 2 rings (SSSR count). The van der Waals surface area contributed by atoms with Crippen molar-refractivity contribution in [1.29, 1.82) is 0 Å². The van der Waals surface area contributed by atoms with Crippen molar-refractivity contribution in [2.45, 2.75) is 52.1 Å². The van der Waals surface area contributed by atoms with Gasteiger partial charge in [0.05, 0.1) is 24.4 Å². The Hall–Kier alpha value is -1.85. The highest BCUT2D eigenvalue weighted by molar-refractivity contribution is 6.29. The maximum absolute atomic E-state index is 9.88. The molecule has 2 aromatic rings. The van der Waals surface area contributed by atoms with Gasteiger partial charge in [-0.25, -0.2) is 15.0 Å². The third-order valence-electron chi connectivity index (χ3n) is 3.95. The van der Waals surface area contributed by atoms with E-state index in [1.165, 1.54) is 6.33 Å². The summed E-state index contributed by atoms with van der Waals surface area (Å²) in [5.74, 6) is 0.760. The number of aliphatic hydroxyl groups is 4. The van der Waals surface area contributed by atoms with Gasteiger partial charge in [-0.1, -0.05) is 0 Å². The Balaban J connectivity index is 2.64. The first-order chi connectivity index (χ1) is 13.6. The SMILES string of the molecule is CC(O)CN(CC(C)O)c1nc(Cl)nc2c(N(CC(C)O)CC(C)O)ncnc12. The summed E-state index contributed by atoms with van der Waals surface area (Å²) >= 11 is 6.18. The number of halogens is 1. The van der Waals surface area contributed by atoms with Crippen LogP contribution in [-0.2, 0) is 0 Å². The maximum atomic E-state index is 9.88. The van der Waals surface area contributed by atoms with Crippen molar-refractivity contribution in [3.8, 4) is 0 Å². The zero-order chi connectivity index (χ0) is 21.7. The predicted octanol–water partition coefficient (Wildman–Crippen LogP) is 0.209. The van der Waals surface area contributed by atoms with Crippen LogP contribution in [0.15, 0.2) is 6.33 Å². The first kappa shape index (κ1) is 23.4. The van der Waals surface area contributed by atoms with Gasteiger partial charge in [0.2, 0.25) is 5.28 Å². The number of aliphatic hydroxyl groups excluding tert-OH is 4. The molecule has 0 fully saturated rings. The maximum Gasteiger partial charge on any atom is 0.225 e. The predicted molar refractivity (Wildman–Crippen MR) is 111 cm³/mol. The minimum absolute atomic E-state index is 0.0428. The Morgan fingerprint density at radius 2 is 1.17 bits per heavy atom. The van der Waals surface area contributed by atoms with Gasteiger partial charge in [-0.15, -0.1) is 0 Å². The van der Waals surface area contributed by atoms with Crippen LogP contribution in [0.1, 0.15) is 27.7 Å². The van der Waals surface area contributed by atoms with Crippen molar-refractivity contribution in [3.63, 3.8) is 0 Å². The topological polar surface area (TPSA) is 139 Å². The van der Waals surface area contributed by atoms with Crippen molar-refractivity contribution >= 4 is 34.3 Å². The highest BCUT2D eigenvalue weighted by atomic mass is 35.5. The second-order valence-corrected chi connectivity index (χ2v) is 7.75. The van der Waals surface area contributed by atoms with E-state index in [1.807, 2.05) is 0 Å². The van der Waals surface area contributed by atoms with Gasteiger partial charge in [0.1, 0.15) is 17.4 Å². The second-order valence-electron chi connectivity index (χ2n) is 7.42. The number of hydrogen-bond donors (Lipinski definition) is 4. The lowest BCUT2D eigenvalue weighted by molar-refractivity contribution is 0.177. The minimum atomic E-state index is -0.680. The fourth-order valence-corrected chi connectivity index (χ4v) is 3.28. The molecule has 4 N–H and O–H groups in total. The Morgan fingerprint density at radius 1 is 0.724 bits per heavy atom. The van der Waals surface area contributed by atoms with E-state index in [0.717, 1.165) is 0 Å². The molecule has 4 atom stereocenters. The number of fused-ring (bicyclic) bond motifs is 1. The lowest BCUT2D eigenvalue weighted by atomic mass is 10.2. The van der Waals surface area contributed by atoms with Crippen LogP contribution in [0.3, 0.4) is 0 Å². The van der Waals surface area contributed by atoms with Crippen LogP contribution in [0.5, 0.6) is 0 Å². The lowest BCUT2D eigenvalue weighted by Gasteiger charge is -2.29. The first-order valence-electron chi connectivity index (χ1n) is 9.48. The highest BCUT2D eigenvalue weighted by Gasteiger charge is 2.23. The number of hydrogen-bond acceptors (Lipinski definition) is 10. The van der Waals surface area contributed by atoms with Gasteiger partial charge in [0, 0.05) is 26.2 Å². The molecule has 0 saturated carbocycles. The minimum Gasteiger partial charge on any atom is -0.392 e. The molecule has 0 spiro atoms. The van der Waals surface area contributed by atoms with E-state index in [-0.39, 0.29) is 31.5 Å². The summed E-state index contributed by atoms with van der Waals surface area (Å²) in [6.45, 7) is 7.39. The van der Waals surface area contributed by atoms with Crippen LogP contribution < -0.4 is 9.80 Å². The van der Waals surface area contributed by atoms with Crippen LogP contribution in [0, 0.1) is 0 Å². The molecular weight excluding hydrogens is 400 g/mol. The summed E-state index contributed by atoms with van der Waals surface area (Å²) in [6, 6.07) is 0. The molecule has 162 valence electrons. The van der Waals surface area contributed by atoms with Crippen molar-refractivity contribution < 1.29 is 20.4 Å². The monoisotopic (exact) mass is 428 g/mol. The lowest BCUT2D eigenvalue weighted by Crippen LogP contribution is -2.38. The number of aromatic nitrogens is 4. The molecule has 0 aliphatic carbocycles. The van der Waals surface area contributed by atoms with Crippen LogP contribution in [0.25, 0.3) is 11.0 Å². The van der Waals surface area contributed by atoms with Gasteiger partial charge in [0.15, 0.2) is 11.6 Å². The molecule has 0 aliphatic heterocycles. The number of nitrogens with zero attached hydrogens (tertiary/aromatic N) is 6. The Morgan fingerprint density at radius 3 is 1.62 bits per heavy atom. The Bertz CT molecular complexity index is 785. The van der Waals surface area contributed by atoms with E-state index in [9.17, 15) is 20.4 Å². The molecule has 2 heterocycles. The standard InChI is InChI=1S/C18H29ClN6O4/c1-10(26)5-24(6-11(2)27)16-15-14(20-9-21-16)17(23-18(19)22-15)25(7-12(3)28)8-13(4)29/h9-13,26-29H,5-8H2,1-4H3. The van der Waals surface area contributed by atoms with Crippen molar-refractivity contribution in [2.75, 3.05) is 36.0 Å². The van der Waals surface area contributed by atoms with E-state index in [4.69, 9.17) is 11.6 Å². The van der Waals surface area contributed by atoms with E-state index in [0.29, 0.717) is 22.7 Å². The molecule has 11 heteroatoms. The fourth-order valence-electron chi connectivity index (χ4n) is 3.12. The molecule has 29 heavy (non-hydrogen) atoms. The van der Waals surface area contributed by atoms with Crippen LogP contribution >= 0.6 is 11.6 Å². The number of anilines is 2. The zero-order valence-electron chi connectivity index (χ0n) is 17.1. The van der Waals surface area contributed by atoms with Gasteiger partial charge in [-0.3, -0.25) is 0 Å². The number of rotatable bonds is 10. The van der Waals surface area contributed by atoms with Crippen LogP contribution in [0.4, 0.5) is 11.6 Å². The highest BCUT2D eigenvalue weighted by Crippen LogP contribution is 2.29. The molecule has 0 bridgehead atoms. The van der Waals surface area contributed by atoms with Gasteiger partial charge in [0.25, 0.3) is 0 Å². The first-order valence-corrected chi connectivity index (χ1v) is 9.86. The summed E-state index contributed by atoms with van der Waals surface area (Å²) in [5, 5.41) is 39.5. The largest absolute Gasteiger partial charge is 0.392 e. The van der Waals surface area contributed by atoms with Gasteiger partial charge in [-0.05, 0) is 39.3 Å². The average molecular weight is 429 g/mol. The van der Waals surface area contributed by atoms with Crippen LogP contribution in [0.2, 0.25) is 5.28 Å².